The molecule has 1 fully saturated rings. The minimum absolute atomic E-state index is 0.174. The molecule has 1 aliphatic heterocycles. The zero-order valence-electron chi connectivity index (χ0n) is 12.6. The average Bonchev–Trinajstić information content (AvgIpc) is 2.41. The third-order valence-corrected chi connectivity index (χ3v) is 4.01. The van der Waals surface area contributed by atoms with E-state index < -0.39 is 0 Å². The highest BCUT2D eigenvalue weighted by Crippen LogP contribution is 2.22. The summed E-state index contributed by atoms with van der Waals surface area (Å²) in [6.07, 6.45) is 18.3. The molecule has 0 saturated carbocycles. The average molecular weight is 263 g/mol. The highest BCUT2D eigenvalue weighted by molar-refractivity contribution is 5.13. The molecule has 0 aromatic heterocycles. The molecular formula is C17H29NO. The lowest BCUT2D eigenvalue weighted by molar-refractivity contribution is 0.0153. The molecule has 19 heavy (non-hydrogen) atoms. The van der Waals surface area contributed by atoms with Crippen LogP contribution < -0.4 is 0 Å². The van der Waals surface area contributed by atoms with Gasteiger partial charge in [-0.15, -0.1) is 0 Å². The molecule has 1 rings (SSSR count). The SMILES string of the molecule is CCCC/C=C/C=C/C=C/C1CCC(O)C(C)N1C. The summed E-state index contributed by atoms with van der Waals surface area (Å²) in [5.41, 5.74) is 0. The summed E-state index contributed by atoms with van der Waals surface area (Å²) in [5, 5.41) is 9.79. The highest BCUT2D eigenvalue weighted by atomic mass is 16.3. The van der Waals surface area contributed by atoms with Crippen molar-refractivity contribution in [1.29, 1.82) is 0 Å². The van der Waals surface area contributed by atoms with Gasteiger partial charge in [-0.3, -0.25) is 4.90 Å². The van der Waals surface area contributed by atoms with Crippen LogP contribution >= 0.6 is 0 Å². The molecule has 1 saturated heterocycles. The van der Waals surface area contributed by atoms with Gasteiger partial charge in [-0.25, -0.2) is 0 Å². The maximum absolute atomic E-state index is 9.79. The van der Waals surface area contributed by atoms with Gasteiger partial charge < -0.3 is 5.11 Å². The van der Waals surface area contributed by atoms with E-state index in [-0.39, 0.29) is 12.1 Å². The molecule has 0 aliphatic carbocycles. The van der Waals surface area contributed by atoms with Crippen molar-refractivity contribution in [2.45, 2.75) is 64.1 Å². The monoisotopic (exact) mass is 263 g/mol. The fraction of sp³-hybridized carbons (Fsp3) is 0.647. The van der Waals surface area contributed by atoms with Crippen LogP contribution in [0.3, 0.4) is 0 Å². The first-order valence-electron chi connectivity index (χ1n) is 7.56. The first-order valence-corrected chi connectivity index (χ1v) is 7.56. The highest BCUT2D eigenvalue weighted by Gasteiger charge is 2.28. The summed E-state index contributed by atoms with van der Waals surface area (Å²) in [6.45, 7) is 4.31. The smallest absolute Gasteiger partial charge is 0.0693 e. The van der Waals surface area contributed by atoms with Gasteiger partial charge in [-0.2, -0.15) is 0 Å². The van der Waals surface area contributed by atoms with Gasteiger partial charge in [-0.05, 0) is 33.2 Å². The van der Waals surface area contributed by atoms with Crippen molar-refractivity contribution < 1.29 is 5.11 Å². The van der Waals surface area contributed by atoms with Crippen LogP contribution in [0, 0.1) is 0 Å². The molecule has 0 spiro atoms. The van der Waals surface area contributed by atoms with Gasteiger partial charge in [0.25, 0.3) is 0 Å². The molecule has 1 heterocycles. The Morgan fingerprint density at radius 2 is 1.89 bits per heavy atom. The zero-order chi connectivity index (χ0) is 14.1. The number of likely N-dealkylation sites (tertiary alicyclic amines) is 1. The van der Waals surface area contributed by atoms with Gasteiger partial charge in [-0.1, -0.05) is 56.2 Å². The zero-order valence-corrected chi connectivity index (χ0v) is 12.6. The van der Waals surface area contributed by atoms with E-state index in [1.54, 1.807) is 0 Å². The second-order valence-electron chi connectivity index (χ2n) is 5.46. The Kier molecular flexibility index (Phi) is 7.76. The standard InChI is InChI=1S/C17H29NO/c1-4-5-6-7-8-9-10-11-12-16-13-14-17(19)15(2)18(16)3/h7-12,15-17,19H,4-6,13-14H2,1-3H3/b8-7+,10-9+,12-11+. The number of unbranched alkanes of at least 4 members (excludes halogenated alkanes) is 2. The van der Waals surface area contributed by atoms with Gasteiger partial charge in [0.2, 0.25) is 0 Å². The molecule has 3 atom stereocenters. The molecule has 1 N–H and O–H groups in total. The van der Waals surface area contributed by atoms with Crippen molar-refractivity contribution in [3.8, 4) is 0 Å². The molecule has 3 unspecified atom stereocenters. The van der Waals surface area contributed by atoms with E-state index in [2.05, 4.69) is 62.3 Å². The van der Waals surface area contributed by atoms with E-state index in [0.717, 1.165) is 12.8 Å². The third kappa shape index (κ3) is 5.75. The van der Waals surface area contributed by atoms with Gasteiger partial charge in [0.05, 0.1) is 6.10 Å². The number of aliphatic hydroxyl groups is 1. The van der Waals surface area contributed by atoms with E-state index in [4.69, 9.17) is 0 Å². The van der Waals surface area contributed by atoms with Crippen LogP contribution in [0.15, 0.2) is 36.5 Å². The number of rotatable bonds is 6. The summed E-state index contributed by atoms with van der Waals surface area (Å²) in [7, 11) is 2.09. The van der Waals surface area contributed by atoms with Crippen LogP contribution in [0.5, 0.6) is 0 Å². The molecule has 0 aromatic rings. The van der Waals surface area contributed by atoms with Crippen LogP contribution in [0.25, 0.3) is 0 Å². The quantitative estimate of drug-likeness (QED) is 0.583. The topological polar surface area (TPSA) is 23.5 Å². The Balaban J connectivity index is 2.32. The lowest BCUT2D eigenvalue weighted by Gasteiger charge is -2.39. The Labute approximate surface area is 118 Å². The molecule has 1 aliphatic rings. The predicted molar refractivity (Wildman–Crippen MR) is 83.2 cm³/mol. The van der Waals surface area contributed by atoms with Crippen LogP contribution in [0.4, 0.5) is 0 Å². The second-order valence-corrected chi connectivity index (χ2v) is 5.46. The van der Waals surface area contributed by atoms with E-state index in [1.165, 1.54) is 19.3 Å². The van der Waals surface area contributed by atoms with Crippen molar-refractivity contribution in [2.75, 3.05) is 7.05 Å². The van der Waals surface area contributed by atoms with Gasteiger partial charge in [0, 0.05) is 12.1 Å². The normalized spacial score (nSPS) is 30.0. The van der Waals surface area contributed by atoms with Crippen LogP contribution in [-0.2, 0) is 0 Å². The van der Waals surface area contributed by atoms with Crippen LogP contribution in [0.1, 0.15) is 46.0 Å². The summed E-state index contributed by atoms with van der Waals surface area (Å²) in [4.78, 5) is 2.26. The maximum atomic E-state index is 9.79. The number of likely N-dealkylation sites (N-methyl/N-ethyl adjacent to an activating group) is 1. The van der Waals surface area contributed by atoms with E-state index in [0.29, 0.717) is 6.04 Å². The van der Waals surface area contributed by atoms with Crippen LogP contribution in [0.2, 0.25) is 0 Å². The molecule has 0 aromatic carbocycles. The summed E-state index contributed by atoms with van der Waals surface area (Å²) in [6, 6.07) is 0.702. The first kappa shape index (κ1) is 16.2. The number of piperidine rings is 1. The predicted octanol–water partition coefficient (Wildman–Crippen LogP) is 3.69. The summed E-state index contributed by atoms with van der Waals surface area (Å²) >= 11 is 0. The molecule has 0 amide bonds. The minimum atomic E-state index is -0.174. The fourth-order valence-electron chi connectivity index (χ4n) is 2.41. The molecule has 0 bridgehead atoms. The fourth-order valence-corrected chi connectivity index (χ4v) is 2.41. The van der Waals surface area contributed by atoms with Gasteiger partial charge in [0.1, 0.15) is 0 Å². The van der Waals surface area contributed by atoms with E-state index in [1.807, 2.05) is 0 Å². The Morgan fingerprint density at radius 1 is 1.16 bits per heavy atom. The number of allylic oxidation sites excluding steroid dienone is 5. The molecule has 2 nitrogen and oxygen atoms in total. The summed E-state index contributed by atoms with van der Waals surface area (Å²) in [5.74, 6) is 0. The molecule has 108 valence electrons. The lowest BCUT2D eigenvalue weighted by Crippen LogP contribution is -2.48. The van der Waals surface area contributed by atoms with E-state index in [9.17, 15) is 5.11 Å². The summed E-state index contributed by atoms with van der Waals surface area (Å²) < 4.78 is 0. The van der Waals surface area contributed by atoms with Crippen molar-refractivity contribution in [3.05, 3.63) is 36.5 Å². The lowest BCUT2D eigenvalue weighted by atomic mass is 9.94. The van der Waals surface area contributed by atoms with E-state index >= 15 is 0 Å². The van der Waals surface area contributed by atoms with Crippen molar-refractivity contribution in [2.24, 2.45) is 0 Å². The Bertz CT molecular complexity index is 319. The number of hydrogen-bond donors (Lipinski definition) is 1. The number of hydrogen-bond acceptors (Lipinski definition) is 2. The third-order valence-electron chi connectivity index (χ3n) is 4.01. The Hall–Kier alpha value is -0.860. The Morgan fingerprint density at radius 3 is 2.63 bits per heavy atom. The van der Waals surface area contributed by atoms with Crippen molar-refractivity contribution in [3.63, 3.8) is 0 Å². The van der Waals surface area contributed by atoms with Crippen LogP contribution in [-0.4, -0.2) is 35.2 Å². The van der Waals surface area contributed by atoms with Gasteiger partial charge in [0.15, 0.2) is 0 Å². The maximum Gasteiger partial charge on any atom is 0.0693 e. The first-order chi connectivity index (χ1) is 9.16. The number of nitrogens with zero attached hydrogens (tertiary/aromatic N) is 1. The molecule has 0 radical (unpaired) electrons. The van der Waals surface area contributed by atoms with Crippen molar-refractivity contribution in [1.82, 2.24) is 4.90 Å². The number of aliphatic hydroxyl groups excluding tert-OH is 1. The second kappa shape index (κ2) is 9.11. The van der Waals surface area contributed by atoms with Gasteiger partial charge >= 0.3 is 0 Å². The minimum Gasteiger partial charge on any atom is -0.392 e. The molecular weight excluding hydrogens is 234 g/mol. The van der Waals surface area contributed by atoms with Crippen molar-refractivity contribution >= 4 is 0 Å². The molecule has 2 heteroatoms. The largest absolute Gasteiger partial charge is 0.392 e.